The van der Waals surface area contributed by atoms with E-state index in [-0.39, 0.29) is 41.0 Å². The molecular weight excluding hydrogens is 493 g/mol. The molecule has 0 fully saturated rings. The lowest BCUT2D eigenvalue weighted by Gasteiger charge is -2.16. The molecule has 0 aliphatic heterocycles. The summed E-state index contributed by atoms with van der Waals surface area (Å²) in [5.41, 5.74) is 3.31. The molecule has 0 unspecified atom stereocenters. The Morgan fingerprint density at radius 2 is 1.92 bits per heavy atom. The summed E-state index contributed by atoms with van der Waals surface area (Å²) in [4.78, 5) is 54.0. The van der Waals surface area contributed by atoms with Crippen molar-refractivity contribution in [3.8, 4) is 0 Å². The van der Waals surface area contributed by atoms with E-state index < -0.39 is 23.3 Å². The van der Waals surface area contributed by atoms with E-state index in [0.29, 0.717) is 29.5 Å². The summed E-state index contributed by atoms with van der Waals surface area (Å²) < 4.78 is 14.8. The first-order valence-corrected chi connectivity index (χ1v) is 11.9. The number of H-pyrrole nitrogens is 1. The van der Waals surface area contributed by atoms with E-state index in [0.717, 1.165) is 11.1 Å². The van der Waals surface area contributed by atoms with Gasteiger partial charge in [-0.2, -0.15) is 0 Å². The van der Waals surface area contributed by atoms with Crippen molar-refractivity contribution in [3.05, 3.63) is 103 Å². The third-order valence-corrected chi connectivity index (χ3v) is 6.83. The summed E-state index contributed by atoms with van der Waals surface area (Å²) in [5.74, 6) is -2.46. The number of aromatic nitrogens is 3. The number of aryl methyl sites for hydroxylation is 1. The summed E-state index contributed by atoms with van der Waals surface area (Å²) in [5, 5.41) is 17.5. The molecule has 194 valence electrons. The highest BCUT2D eigenvalue weighted by Crippen LogP contribution is 2.34. The molecule has 2 aromatic heterocycles. The van der Waals surface area contributed by atoms with E-state index in [1.165, 1.54) is 28.8 Å². The summed E-state index contributed by atoms with van der Waals surface area (Å²) in [6, 6.07) is 9.85. The number of nitrogens with one attached hydrogen (secondary N) is 3. The number of nitrogens with zero attached hydrogens (tertiary/aromatic N) is 2. The van der Waals surface area contributed by atoms with Gasteiger partial charge in [0.1, 0.15) is 17.2 Å². The van der Waals surface area contributed by atoms with E-state index in [1.54, 1.807) is 32.0 Å². The minimum absolute atomic E-state index is 0.00477. The molecule has 1 aliphatic carbocycles. The van der Waals surface area contributed by atoms with E-state index in [9.17, 15) is 28.7 Å². The highest BCUT2D eigenvalue weighted by Gasteiger charge is 2.28. The Balaban J connectivity index is 1.40. The van der Waals surface area contributed by atoms with Crippen molar-refractivity contribution in [3.63, 3.8) is 0 Å². The van der Waals surface area contributed by atoms with Gasteiger partial charge in [-0.3, -0.25) is 19.5 Å². The van der Waals surface area contributed by atoms with Crippen LogP contribution in [0.1, 0.15) is 71.6 Å². The molecule has 0 bridgehead atoms. The number of hydrogen-bond acceptors (Lipinski definition) is 5. The third-order valence-electron chi connectivity index (χ3n) is 6.83. The molecule has 10 nitrogen and oxygen atoms in total. The number of carboxylic acids is 1. The molecule has 4 N–H and O–H groups in total. The largest absolute Gasteiger partial charge is 0.478 e. The number of carboxylic acid groups (broad SMARTS) is 1. The normalized spacial score (nSPS) is 14.3. The zero-order chi connectivity index (χ0) is 27.1. The van der Waals surface area contributed by atoms with E-state index in [4.69, 9.17) is 0 Å². The highest BCUT2D eigenvalue weighted by molar-refractivity contribution is 5.98. The molecule has 5 rings (SSSR count). The minimum Gasteiger partial charge on any atom is -0.478 e. The Morgan fingerprint density at radius 1 is 1.13 bits per heavy atom. The van der Waals surface area contributed by atoms with E-state index >= 15 is 0 Å². The zero-order valence-corrected chi connectivity index (χ0v) is 20.6. The van der Waals surface area contributed by atoms with Gasteiger partial charge in [-0.25, -0.2) is 18.7 Å². The lowest BCUT2D eigenvalue weighted by Crippen LogP contribution is -2.30. The van der Waals surface area contributed by atoms with Gasteiger partial charge in [0.15, 0.2) is 5.65 Å². The molecule has 0 saturated carbocycles. The van der Waals surface area contributed by atoms with Crippen molar-refractivity contribution in [1.82, 2.24) is 25.2 Å². The monoisotopic (exact) mass is 517 g/mol. The third kappa shape index (κ3) is 4.54. The number of hydrogen-bond donors (Lipinski definition) is 4. The predicted octanol–water partition coefficient (Wildman–Crippen LogP) is 2.82. The average molecular weight is 518 g/mol. The second kappa shape index (κ2) is 9.58. The maximum Gasteiger partial charge on any atom is 0.335 e. The average Bonchev–Trinajstić information content (AvgIpc) is 3.46. The molecule has 4 aromatic rings. The SMILES string of the molecule is Cc1cc(CNC(=O)c2cc(C(=O)N[C@H]3CCc4c3ccc(C(=O)O)c4C)nc3cc(=O)[nH]n23)ccc1F. The summed E-state index contributed by atoms with van der Waals surface area (Å²) in [6.45, 7) is 3.48. The molecular formula is C27H24FN5O5. The van der Waals surface area contributed by atoms with E-state index in [2.05, 4.69) is 20.7 Å². The van der Waals surface area contributed by atoms with Gasteiger partial charge in [-0.05, 0) is 66.6 Å². The van der Waals surface area contributed by atoms with Crippen LogP contribution in [0, 0.1) is 19.7 Å². The van der Waals surface area contributed by atoms with E-state index in [1.807, 2.05) is 0 Å². The summed E-state index contributed by atoms with van der Waals surface area (Å²) in [7, 11) is 0. The number of carbonyl (C=O) groups excluding carboxylic acids is 2. The number of rotatable bonds is 6. The number of carbonyl (C=O) groups is 3. The Hall–Kier alpha value is -4.80. The Bertz CT molecular complexity index is 1690. The number of benzene rings is 2. The van der Waals surface area contributed by atoms with Crippen molar-refractivity contribution < 1.29 is 23.9 Å². The van der Waals surface area contributed by atoms with Crippen LogP contribution in [0.3, 0.4) is 0 Å². The molecule has 0 spiro atoms. The van der Waals surface area contributed by atoms with Crippen LogP contribution in [0.5, 0.6) is 0 Å². The van der Waals surface area contributed by atoms with Crippen LogP contribution in [-0.2, 0) is 13.0 Å². The molecule has 2 heterocycles. The van der Waals surface area contributed by atoms with Crippen LogP contribution in [0.25, 0.3) is 5.65 Å². The van der Waals surface area contributed by atoms with Gasteiger partial charge >= 0.3 is 5.97 Å². The second-order valence-electron chi connectivity index (χ2n) is 9.28. The maximum atomic E-state index is 13.6. The van der Waals surface area contributed by atoms with Gasteiger partial charge in [-0.1, -0.05) is 18.2 Å². The van der Waals surface area contributed by atoms with Gasteiger partial charge in [0.05, 0.1) is 11.6 Å². The zero-order valence-electron chi connectivity index (χ0n) is 20.6. The van der Waals surface area contributed by atoms with Crippen LogP contribution >= 0.6 is 0 Å². The van der Waals surface area contributed by atoms with Crippen LogP contribution in [0.2, 0.25) is 0 Å². The Labute approximate surface area is 215 Å². The number of aromatic carboxylic acids is 1. The fraction of sp³-hybridized carbons (Fsp3) is 0.222. The van der Waals surface area contributed by atoms with Crippen LogP contribution in [0.15, 0.2) is 47.3 Å². The van der Waals surface area contributed by atoms with Gasteiger partial charge in [0.2, 0.25) is 0 Å². The molecule has 11 heteroatoms. The number of amides is 2. The standard InChI is InChI=1S/C27H24FN5O5/c1-13-9-15(3-7-19(13)28)12-29-26(36)22-10-21(30-23-11-24(34)32-33(22)23)25(35)31-20-8-6-16-14(2)17(27(37)38)4-5-18(16)20/h3-5,7,9-11,20H,6,8,12H2,1-2H3,(H,29,36)(H,31,35)(H,32,34)(H,37,38)/t20-/m0/s1. The highest BCUT2D eigenvalue weighted by atomic mass is 19.1. The number of fused-ring (bicyclic) bond motifs is 2. The summed E-state index contributed by atoms with van der Waals surface area (Å²) >= 11 is 0. The maximum absolute atomic E-state index is 13.6. The molecule has 38 heavy (non-hydrogen) atoms. The predicted molar refractivity (Wildman–Crippen MR) is 135 cm³/mol. The lowest BCUT2D eigenvalue weighted by molar-refractivity contribution is 0.0695. The first kappa shape index (κ1) is 24.9. The van der Waals surface area contributed by atoms with Gasteiger partial charge in [0, 0.05) is 18.7 Å². The van der Waals surface area contributed by atoms with Crippen LogP contribution in [-0.4, -0.2) is 37.5 Å². The van der Waals surface area contributed by atoms with Gasteiger partial charge < -0.3 is 15.7 Å². The van der Waals surface area contributed by atoms with Crippen LogP contribution < -0.4 is 16.2 Å². The first-order valence-electron chi connectivity index (χ1n) is 11.9. The Morgan fingerprint density at radius 3 is 2.66 bits per heavy atom. The first-order chi connectivity index (χ1) is 18.1. The second-order valence-corrected chi connectivity index (χ2v) is 9.28. The topological polar surface area (TPSA) is 146 Å². The van der Waals surface area contributed by atoms with Crippen molar-refractivity contribution in [2.45, 2.75) is 39.3 Å². The number of halogens is 1. The fourth-order valence-corrected chi connectivity index (χ4v) is 4.86. The fourth-order valence-electron chi connectivity index (χ4n) is 4.86. The summed E-state index contributed by atoms with van der Waals surface area (Å²) in [6.07, 6.45) is 1.20. The van der Waals surface area contributed by atoms with Gasteiger partial charge in [-0.15, -0.1) is 0 Å². The molecule has 0 saturated heterocycles. The molecule has 2 amide bonds. The van der Waals surface area contributed by atoms with Gasteiger partial charge in [0.25, 0.3) is 17.4 Å². The van der Waals surface area contributed by atoms with Crippen molar-refractivity contribution >= 4 is 23.4 Å². The molecule has 2 aromatic carbocycles. The van der Waals surface area contributed by atoms with Crippen molar-refractivity contribution in [2.24, 2.45) is 0 Å². The van der Waals surface area contributed by atoms with Crippen molar-refractivity contribution in [2.75, 3.05) is 0 Å². The lowest BCUT2D eigenvalue weighted by atomic mass is 9.98. The molecule has 0 radical (unpaired) electrons. The van der Waals surface area contributed by atoms with Crippen LogP contribution in [0.4, 0.5) is 4.39 Å². The quantitative estimate of drug-likeness (QED) is 0.309. The smallest absolute Gasteiger partial charge is 0.335 e. The van der Waals surface area contributed by atoms with Crippen molar-refractivity contribution in [1.29, 1.82) is 0 Å². The Kier molecular flexibility index (Phi) is 6.27. The number of aromatic amines is 1. The minimum atomic E-state index is -1.00. The molecule has 1 aliphatic rings. The molecule has 1 atom stereocenters.